The van der Waals surface area contributed by atoms with Crippen LogP contribution in [0.4, 0.5) is 0 Å². The highest BCUT2D eigenvalue weighted by Gasteiger charge is 2.27. The van der Waals surface area contributed by atoms with Gasteiger partial charge in [0, 0.05) is 48.8 Å². The summed E-state index contributed by atoms with van der Waals surface area (Å²) >= 11 is 1.64. The number of carbonyl (C=O) groups is 2. The zero-order valence-corrected chi connectivity index (χ0v) is 17.7. The van der Waals surface area contributed by atoms with Crippen LogP contribution in [0.3, 0.4) is 0 Å². The highest BCUT2D eigenvalue weighted by Crippen LogP contribution is 2.30. The summed E-state index contributed by atoms with van der Waals surface area (Å²) in [5.74, 6) is 0.301. The quantitative estimate of drug-likeness (QED) is 0.791. The number of nitriles is 1. The molecule has 3 rings (SSSR count). The lowest BCUT2D eigenvalue weighted by molar-refractivity contribution is -0.123. The van der Waals surface area contributed by atoms with Crippen molar-refractivity contribution >= 4 is 23.2 Å². The summed E-state index contributed by atoms with van der Waals surface area (Å²) in [7, 11) is 0. The highest BCUT2D eigenvalue weighted by molar-refractivity contribution is 7.09. The van der Waals surface area contributed by atoms with Crippen LogP contribution in [0.5, 0.6) is 0 Å². The Morgan fingerprint density at radius 2 is 2.10 bits per heavy atom. The Hall–Kier alpha value is -2.72. The van der Waals surface area contributed by atoms with Gasteiger partial charge in [-0.05, 0) is 37.1 Å². The van der Waals surface area contributed by atoms with Crippen LogP contribution in [-0.4, -0.2) is 41.3 Å². The zero-order valence-electron chi connectivity index (χ0n) is 16.9. The minimum absolute atomic E-state index is 0.00682. The molecule has 2 heterocycles. The van der Waals surface area contributed by atoms with Gasteiger partial charge in [0.15, 0.2) is 0 Å². The summed E-state index contributed by atoms with van der Waals surface area (Å²) in [4.78, 5) is 31.1. The van der Waals surface area contributed by atoms with Crippen LogP contribution in [0.25, 0.3) is 0 Å². The van der Waals surface area contributed by atoms with Crippen LogP contribution in [0, 0.1) is 17.2 Å². The first-order chi connectivity index (χ1) is 14.0. The second-order valence-electron chi connectivity index (χ2n) is 7.65. The lowest BCUT2D eigenvalue weighted by atomic mass is 9.98. The van der Waals surface area contributed by atoms with Gasteiger partial charge in [-0.1, -0.05) is 13.8 Å². The van der Waals surface area contributed by atoms with E-state index in [2.05, 4.69) is 16.8 Å². The molecule has 2 aromatic rings. The summed E-state index contributed by atoms with van der Waals surface area (Å²) < 4.78 is 0. The van der Waals surface area contributed by atoms with E-state index in [-0.39, 0.29) is 23.7 Å². The average molecular weight is 411 g/mol. The summed E-state index contributed by atoms with van der Waals surface area (Å²) in [6.45, 7) is 5.76. The van der Waals surface area contributed by atoms with Gasteiger partial charge in [0.2, 0.25) is 5.91 Å². The predicted octanol–water partition coefficient (Wildman–Crippen LogP) is 3.35. The molecular weight excluding hydrogens is 384 g/mol. The maximum atomic E-state index is 12.8. The fourth-order valence-corrected chi connectivity index (χ4v) is 4.36. The van der Waals surface area contributed by atoms with E-state index in [1.807, 2.05) is 18.7 Å². The van der Waals surface area contributed by atoms with Gasteiger partial charge in [-0.25, -0.2) is 4.98 Å². The number of amides is 2. The molecule has 0 radical (unpaired) electrons. The van der Waals surface area contributed by atoms with Crippen LogP contribution < -0.4 is 5.32 Å². The van der Waals surface area contributed by atoms with Crippen molar-refractivity contribution in [3.8, 4) is 6.07 Å². The Bertz CT molecular complexity index is 898. The molecule has 2 amide bonds. The number of carbonyl (C=O) groups excluding carboxylic acids is 2. The van der Waals surface area contributed by atoms with E-state index in [0.717, 1.165) is 36.5 Å². The molecule has 7 heteroatoms. The molecule has 1 saturated heterocycles. The van der Waals surface area contributed by atoms with E-state index in [9.17, 15) is 9.59 Å². The van der Waals surface area contributed by atoms with E-state index in [0.29, 0.717) is 24.2 Å². The third kappa shape index (κ3) is 5.42. The van der Waals surface area contributed by atoms with Crippen molar-refractivity contribution in [3.05, 3.63) is 51.5 Å². The number of benzene rings is 1. The van der Waals surface area contributed by atoms with Gasteiger partial charge < -0.3 is 10.2 Å². The molecule has 0 spiro atoms. The van der Waals surface area contributed by atoms with Crippen LogP contribution in [-0.2, 0) is 11.2 Å². The number of nitrogens with zero attached hydrogens (tertiary/aromatic N) is 3. The average Bonchev–Trinajstić information content (AvgIpc) is 3.22. The Kier molecular flexibility index (Phi) is 6.99. The molecule has 0 aliphatic carbocycles. The Morgan fingerprint density at radius 1 is 1.34 bits per heavy atom. The predicted molar refractivity (Wildman–Crippen MR) is 113 cm³/mol. The van der Waals surface area contributed by atoms with Crippen LogP contribution in [0.15, 0.2) is 29.6 Å². The van der Waals surface area contributed by atoms with Crippen LogP contribution in [0.2, 0.25) is 0 Å². The third-order valence-electron chi connectivity index (χ3n) is 5.09. The first-order valence-corrected chi connectivity index (χ1v) is 10.9. The van der Waals surface area contributed by atoms with Crippen molar-refractivity contribution in [1.29, 1.82) is 5.26 Å². The maximum Gasteiger partial charge on any atom is 0.253 e. The summed E-state index contributed by atoms with van der Waals surface area (Å²) in [5, 5.41) is 14.9. The first kappa shape index (κ1) is 21.0. The molecule has 1 aromatic heterocycles. The van der Waals surface area contributed by atoms with E-state index < -0.39 is 0 Å². The summed E-state index contributed by atoms with van der Waals surface area (Å²) in [5.41, 5.74) is 2.16. The molecule has 29 heavy (non-hydrogen) atoms. The van der Waals surface area contributed by atoms with Gasteiger partial charge in [-0.15, -0.1) is 11.3 Å². The number of rotatable bonds is 6. The largest absolute Gasteiger partial charge is 0.355 e. The number of thiazole rings is 1. The van der Waals surface area contributed by atoms with E-state index in [1.165, 1.54) is 0 Å². The first-order valence-electron chi connectivity index (χ1n) is 9.99. The SMILES string of the molecule is CC(C)C(=O)NCCc1csc([C@@H]2CCCN(C(=O)c3ccc(C#N)cc3)C2)n1. The number of hydrogen-bond acceptors (Lipinski definition) is 5. The topological polar surface area (TPSA) is 86.1 Å². The summed E-state index contributed by atoms with van der Waals surface area (Å²) in [6, 6.07) is 8.87. The maximum absolute atomic E-state index is 12.8. The van der Waals surface area contributed by atoms with Gasteiger partial charge in [-0.2, -0.15) is 5.26 Å². The molecule has 1 atom stereocenters. The molecular formula is C22H26N4O2S. The highest BCUT2D eigenvalue weighted by atomic mass is 32.1. The monoisotopic (exact) mass is 410 g/mol. The van der Waals surface area contributed by atoms with E-state index in [4.69, 9.17) is 10.2 Å². The molecule has 152 valence electrons. The van der Waals surface area contributed by atoms with Crippen molar-refractivity contribution in [2.24, 2.45) is 5.92 Å². The number of nitrogens with one attached hydrogen (secondary N) is 1. The van der Waals surface area contributed by atoms with Crippen molar-refractivity contribution in [1.82, 2.24) is 15.2 Å². The minimum atomic E-state index is -0.0112. The van der Waals surface area contributed by atoms with Crippen molar-refractivity contribution in [3.63, 3.8) is 0 Å². The second kappa shape index (κ2) is 9.66. The van der Waals surface area contributed by atoms with Gasteiger partial charge in [0.25, 0.3) is 5.91 Å². The lowest BCUT2D eigenvalue weighted by Gasteiger charge is -2.32. The van der Waals surface area contributed by atoms with Crippen molar-refractivity contribution in [2.75, 3.05) is 19.6 Å². The van der Waals surface area contributed by atoms with Gasteiger partial charge in [0.05, 0.1) is 22.3 Å². The summed E-state index contributed by atoms with van der Waals surface area (Å²) in [6.07, 6.45) is 2.69. The Balaban J connectivity index is 1.58. The molecule has 0 saturated carbocycles. The third-order valence-corrected chi connectivity index (χ3v) is 6.15. The van der Waals surface area contributed by atoms with Crippen molar-refractivity contribution < 1.29 is 9.59 Å². The molecule has 1 aromatic carbocycles. The Morgan fingerprint density at radius 3 is 2.79 bits per heavy atom. The van der Waals surface area contributed by atoms with Gasteiger partial charge >= 0.3 is 0 Å². The minimum Gasteiger partial charge on any atom is -0.355 e. The molecule has 1 fully saturated rings. The van der Waals surface area contributed by atoms with Crippen LogP contribution >= 0.6 is 11.3 Å². The van der Waals surface area contributed by atoms with E-state index >= 15 is 0 Å². The molecule has 1 aliphatic rings. The fraction of sp³-hybridized carbons (Fsp3) is 0.455. The number of likely N-dealkylation sites (tertiary alicyclic amines) is 1. The number of aromatic nitrogens is 1. The van der Waals surface area contributed by atoms with Gasteiger partial charge in [0.1, 0.15) is 0 Å². The molecule has 6 nitrogen and oxygen atoms in total. The zero-order chi connectivity index (χ0) is 20.8. The standard InChI is InChI=1S/C22H26N4O2S/c1-15(2)20(27)24-10-9-19-14-29-21(25-19)18-4-3-11-26(13-18)22(28)17-7-5-16(12-23)6-8-17/h5-8,14-15,18H,3-4,9-11,13H2,1-2H3,(H,24,27)/t18-/m1/s1. The van der Waals surface area contributed by atoms with E-state index in [1.54, 1.807) is 35.6 Å². The van der Waals surface area contributed by atoms with Crippen molar-refractivity contribution in [2.45, 2.75) is 39.0 Å². The Labute approximate surface area is 175 Å². The normalized spacial score (nSPS) is 16.5. The lowest BCUT2D eigenvalue weighted by Crippen LogP contribution is -2.39. The molecule has 0 bridgehead atoms. The van der Waals surface area contributed by atoms with Crippen LogP contribution in [0.1, 0.15) is 59.2 Å². The van der Waals surface area contributed by atoms with Gasteiger partial charge in [-0.3, -0.25) is 9.59 Å². The number of piperidine rings is 1. The molecule has 0 unspecified atom stereocenters. The molecule has 1 aliphatic heterocycles. The second-order valence-corrected chi connectivity index (χ2v) is 8.54. The molecule has 1 N–H and O–H groups in total. The number of hydrogen-bond donors (Lipinski definition) is 1. The smallest absolute Gasteiger partial charge is 0.253 e. The fourth-order valence-electron chi connectivity index (χ4n) is 3.38.